The van der Waals surface area contributed by atoms with E-state index in [1.807, 2.05) is 17.9 Å². The summed E-state index contributed by atoms with van der Waals surface area (Å²) in [6.07, 6.45) is 6.30. The molecule has 2 fully saturated rings. The van der Waals surface area contributed by atoms with Gasteiger partial charge in [-0.2, -0.15) is 0 Å². The lowest BCUT2D eigenvalue weighted by Crippen LogP contribution is -2.52. The monoisotopic (exact) mass is 426 g/mol. The third-order valence-electron chi connectivity index (χ3n) is 6.18. The quantitative estimate of drug-likeness (QED) is 0.727. The van der Waals surface area contributed by atoms with Crippen molar-refractivity contribution in [3.63, 3.8) is 0 Å². The second-order valence-corrected chi connectivity index (χ2v) is 8.17. The SMILES string of the molecule is COc1ccc(-n2ccc(C)c(C(=O)N3CCCCC3CN3CCOCC3)c2=O)cn1. The molecule has 4 heterocycles. The summed E-state index contributed by atoms with van der Waals surface area (Å²) in [7, 11) is 1.54. The smallest absolute Gasteiger partial charge is 0.268 e. The molecule has 8 nitrogen and oxygen atoms in total. The number of morpholine rings is 1. The molecule has 0 spiro atoms. The summed E-state index contributed by atoms with van der Waals surface area (Å²) >= 11 is 0. The highest BCUT2D eigenvalue weighted by molar-refractivity contribution is 5.95. The van der Waals surface area contributed by atoms with Crippen LogP contribution in [-0.4, -0.2) is 77.8 Å². The van der Waals surface area contributed by atoms with Crippen LogP contribution in [0.2, 0.25) is 0 Å². The van der Waals surface area contributed by atoms with Crippen LogP contribution in [0.1, 0.15) is 35.2 Å². The maximum absolute atomic E-state index is 13.6. The number of nitrogens with zero attached hydrogens (tertiary/aromatic N) is 4. The minimum absolute atomic E-state index is 0.120. The highest BCUT2D eigenvalue weighted by Gasteiger charge is 2.31. The number of aryl methyl sites for hydroxylation is 1. The Kier molecular flexibility index (Phi) is 6.67. The molecule has 0 aliphatic carbocycles. The van der Waals surface area contributed by atoms with Crippen LogP contribution in [0.5, 0.6) is 5.88 Å². The number of carbonyl (C=O) groups excluding carboxylic acids is 1. The van der Waals surface area contributed by atoms with E-state index in [4.69, 9.17) is 9.47 Å². The van der Waals surface area contributed by atoms with Gasteiger partial charge >= 0.3 is 0 Å². The number of ether oxygens (including phenoxy) is 2. The summed E-state index contributed by atoms with van der Waals surface area (Å²) in [5, 5.41) is 0. The van der Waals surface area contributed by atoms with Gasteiger partial charge in [0.2, 0.25) is 5.88 Å². The highest BCUT2D eigenvalue weighted by atomic mass is 16.5. The lowest BCUT2D eigenvalue weighted by atomic mass is 9.99. The van der Waals surface area contributed by atoms with E-state index in [2.05, 4.69) is 9.88 Å². The molecule has 166 valence electrons. The summed E-state index contributed by atoms with van der Waals surface area (Å²) in [6, 6.07) is 5.40. The number of aromatic nitrogens is 2. The Balaban J connectivity index is 1.62. The second kappa shape index (κ2) is 9.62. The van der Waals surface area contributed by atoms with Crippen LogP contribution in [0.15, 0.2) is 35.4 Å². The van der Waals surface area contributed by atoms with E-state index in [0.717, 1.165) is 52.1 Å². The van der Waals surface area contributed by atoms with Gasteiger partial charge in [-0.1, -0.05) is 0 Å². The van der Waals surface area contributed by atoms with E-state index in [9.17, 15) is 9.59 Å². The Morgan fingerprint density at radius 2 is 2.00 bits per heavy atom. The van der Waals surface area contributed by atoms with Gasteiger partial charge in [0, 0.05) is 44.5 Å². The number of likely N-dealkylation sites (tertiary alicyclic amines) is 1. The standard InChI is InChI=1S/C23H30N4O4/c1-17-8-10-27(18-6-7-20(30-2)24-15-18)23(29)21(17)22(28)26-9-4-3-5-19(26)16-25-11-13-31-14-12-25/h6-8,10,15,19H,3-5,9,11-14,16H2,1-2H3. The molecule has 0 bridgehead atoms. The highest BCUT2D eigenvalue weighted by Crippen LogP contribution is 2.22. The van der Waals surface area contributed by atoms with Gasteiger partial charge in [-0.25, -0.2) is 4.98 Å². The zero-order chi connectivity index (χ0) is 21.8. The average Bonchev–Trinajstić information content (AvgIpc) is 2.80. The fraction of sp³-hybridized carbons (Fsp3) is 0.522. The summed E-state index contributed by atoms with van der Waals surface area (Å²) < 4.78 is 12.0. The van der Waals surface area contributed by atoms with Gasteiger partial charge in [-0.05, 0) is 43.9 Å². The molecule has 1 atom stereocenters. The zero-order valence-electron chi connectivity index (χ0n) is 18.2. The molecule has 31 heavy (non-hydrogen) atoms. The third-order valence-corrected chi connectivity index (χ3v) is 6.18. The molecule has 0 aromatic carbocycles. The molecule has 0 radical (unpaired) electrons. The largest absolute Gasteiger partial charge is 0.481 e. The number of methoxy groups -OCH3 is 1. The number of amides is 1. The van der Waals surface area contributed by atoms with Gasteiger partial charge in [-0.3, -0.25) is 19.1 Å². The lowest BCUT2D eigenvalue weighted by molar-refractivity contribution is 0.0165. The van der Waals surface area contributed by atoms with Crippen LogP contribution in [-0.2, 0) is 4.74 Å². The van der Waals surface area contributed by atoms with E-state index >= 15 is 0 Å². The van der Waals surface area contributed by atoms with Crippen molar-refractivity contribution in [2.75, 3.05) is 46.5 Å². The summed E-state index contributed by atoms with van der Waals surface area (Å²) in [5.74, 6) is 0.302. The van der Waals surface area contributed by atoms with Crippen molar-refractivity contribution in [3.05, 3.63) is 52.1 Å². The Hall–Kier alpha value is -2.71. The molecule has 1 unspecified atom stereocenters. The van der Waals surface area contributed by atoms with Crippen molar-refractivity contribution in [1.29, 1.82) is 0 Å². The van der Waals surface area contributed by atoms with Gasteiger partial charge in [-0.15, -0.1) is 0 Å². The van der Waals surface area contributed by atoms with E-state index in [0.29, 0.717) is 23.7 Å². The molecule has 0 N–H and O–H groups in total. The first-order valence-corrected chi connectivity index (χ1v) is 10.9. The molecule has 2 aromatic heterocycles. The Morgan fingerprint density at radius 1 is 1.19 bits per heavy atom. The number of pyridine rings is 2. The fourth-order valence-electron chi connectivity index (χ4n) is 4.41. The molecule has 4 rings (SSSR count). The molecule has 2 aromatic rings. The number of piperidine rings is 1. The van der Waals surface area contributed by atoms with Gasteiger partial charge in [0.05, 0.1) is 32.2 Å². The van der Waals surface area contributed by atoms with Crippen molar-refractivity contribution < 1.29 is 14.3 Å². The van der Waals surface area contributed by atoms with Crippen LogP contribution >= 0.6 is 0 Å². The second-order valence-electron chi connectivity index (χ2n) is 8.17. The van der Waals surface area contributed by atoms with Crippen LogP contribution in [0.3, 0.4) is 0 Å². The Bertz CT molecular complexity index is 967. The molecule has 2 aliphatic heterocycles. The molecule has 1 amide bonds. The Labute approximate surface area is 182 Å². The van der Waals surface area contributed by atoms with Crippen molar-refractivity contribution in [2.45, 2.75) is 32.2 Å². The maximum atomic E-state index is 13.6. The molecule has 2 saturated heterocycles. The minimum Gasteiger partial charge on any atom is -0.481 e. The normalized spacial score (nSPS) is 19.9. The van der Waals surface area contributed by atoms with Gasteiger partial charge < -0.3 is 14.4 Å². The topological polar surface area (TPSA) is 76.9 Å². The van der Waals surface area contributed by atoms with E-state index < -0.39 is 0 Å². The van der Waals surface area contributed by atoms with E-state index in [1.54, 1.807) is 31.6 Å². The predicted molar refractivity (Wildman–Crippen MR) is 117 cm³/mol. The van der Waals surface area contributed by atoms with Gasteiger partial charge in [0.1, 0.15) is 5.56 Å². The summed E-state index contributed by atoms with van der Waals surface area (Å²) in [5.41, 5.74) is 1.23. The Morgan fingerprint density at radius 3 is 2.71 bits per heavy atom. The number of hydrogen-bond donors (Lipinski definition) is 0. The average molecular weight is 427 g/mol. The van der Waals surface area contributed by atoms with Crippen LogP contribution in [0, 0.1) is 6.92 Å². The van der Waals surface area contributed by atoms with Crippen LogP contribution in [0.25, 0.3) is 5.69 Å². The van der Waals surface area contributed by atoms with Crippen molar-refractivity contribution >= 4 is 5.91 Å². The minimum atomic E-state index is -0.312. The van der Waals surface area contributed by atoms with Crippen molar-refractivity contribution in [1.82, 2.24) is 19.4 Å². The number of rotatable bonds is 5. The van der Waals surface area contributed by atoms with E-state index in [1.165, 1.54) is 4.57 Å². The fourth-order valence-corrected chi connectivity index (χ4v) is 4.41. The van der Waals surface area contributed by atoms with Gasteiger partial charge in [0.25, 0.3) is 11.5 Å². The molecule has 2 aliphatic rings. The van der Waals surface area contributed by atoms with Crippen molar-refractivity contribution in [3.8, 4) is 11.6 Å². The first kappa shape index (κ1) is 21.5. The number of hydrogen-bond acceptors (Lipinski definition) is 6. The molecule has 8 heteroatoms. The van der Waals surface area contributed by atoms with Crippen molar-refractivity contribution in [2.24, 2.45) is 0 Å². The first-order valence-electron chi connectivity index (χ1n) is 10.9. The molecular weight excluding hydrogens is 396 g/mol. The van der Waals surface area contributed by atoms with E-state index in [-0.39, 0.29) is 23.1 Å². The molecular formula is C23H30N4O4. The summed E-state index contributed by atoms with van der Waals surface area (Å²) in [4.78, 5) is 35.4. The predicted octanol–water partition coefficient (Wildman–Crippen LogP) is 1.88. The zero-order valence-corrected chi connectivity index (χ0v) is 18.2. The maximum Gasteiger partial charge on any atom is 0.268 e. The summed E-state index contributed by atoms with van der Waals surface area (Å²) in [6.45, 7) is 6.59. The third kappa shape index (κ3) is 4.65. The lowest BCUT2D eigenvalue weighted by Gasteiger charge is -2.39. The van der Waals surface area contributed by atoms with Crippen LogP contribution in [0.4, 0.5) is 0 Å². The number of carbonyl (C=O) groups is 1. The van der Waals surface area contributed by atoms with Crippen LogP contribution < -0.4 is 10.3 Å². The molecule has 0 saturated carbocycles. The first-order chi connectivity index (χ1) is 15.1. The van der Waals surface area contributed by atoms with Gasteiger partial charge in [0.15, 0.2) is 0 Å².